The monoisotopic (exact) mass is 521 g/mol. The SMILES string of the molecule is CCCCCCCCCc1c(OC)cc(/C=C/C(=O)NN2CCN(c3ccc(C)c(C)c3)CC2)cc1OC. The molecule has 38 heavy (non-hydrogen) atoms. The van der Waals surface area contributed by atoms with Crippen LogP contribution in [0, 0.1) is 13.8 Å². The summed E-state index contributed by atoms with van der Waals surface area (Å²) in [6.45, 7) is 9.85. The van der Waals surface area contributed by atoms with Crippen LogP contribution in [0.3, 0.4) is 0 Å². The molecule has 0 atom stereocenters. The van der Waals surface area contributed by atoms with Gasteiger partial charge in [-0.15, -0.1) is 0 Å². The topological polar surface area (TPSA) is 54.0 Å². The first-order chi connectivity index (χ1) is 18.4. The number of hydrazine groups is 1. The van der Waals surface area contributed by atoms with E-state index in [0.29, 0.717) is 0 Å². The number of unbranched alkanes of at least 4 members (excludes halogenated alkanes) is 6. The Morgan fingerprint density at radius 3 is 2.11 bits per heavy atom. The van der Waals surface area contributed by atoms with Crippen molar-refractivity contribution in [3.63, 3.8) is 0 Å². The predicted molar refractivity (Wildman–Crippen MR) is 158 cm³/mol. The Morgan fingerprint density at radius 2 is 1.50 bits per heavy atom. The van der Waals surface area contributed by atoms with Crippen molar-refractivity contribution in [2.24, 2.45) is 0 Å². The summed E-state index contributed by atoms with van der Waals surface area (Å²) in [4.78, 5) is 15.0. The van der Waals surface area contributed by atoms with E-state index in [-0.39, 0.29) is 5.91 Å². The Labute approximate surface area is 230 Å². The Morgan fingerprint density at radius 1 is 0.868 bits per heavy atom. The third-order valence-corrected chi connectivity index (χ3v) is 7.49. The molecule has 208 valence electrons. The lowest BCUT2D eigenvalue weighted by Gasteiger charge is -2.36. The van der Waals surface area contributed by atoms with Crippen LogP contribution in [0.4, 0.5) is 5.69 Å². The maximum absolute atomic E-state index is 12.6. The molecule has 1 amide bonds. The second-order valence-electron chi connectivity index (χ2n) is 10.3. The number of methoxy groups -OCH3 is 2. The van der Waals surface area contributed by atoms with E-state index in [1.165, 1.54) is 55.3 Å². The van der Waals surface area contributed by atoms with Crippen LogP contribution in [-0.4, -0.2) is 51.3 Å². The summed E-state index contributed by atoms with van der Waals surface area (Å²) in [6.07, 6.45) is 13.2. The third-order valence-electron chi connectivity index (χ3n) is 7.49. The maximum atomic E-state index is 12.6. The van der Waals surface area contributed by atoms with Crippen molar-refractivity contribution in [2.45, 2.75) is 72.1 Å². The number of piperazine rings is 1. The van der Waals surface area contributed by atoms with Gasteiger partial charge in [0.1, 0.15) is 11.5 Å². The van der Waals surface area contributed by atoms with E-state index in [9.17, 15) is 4.79 Å². The van der Waals surface area contributed by atoms with Gasteiger partial charge in [0.2, 0.25) is 0 Å². The number of carbonyl (C=O) groups excluding carboxylic acids is 1. The van der Waals surface area contributed by atoms with E-state index >= 15 is 0 Å². The molecule has 1 N–H and O–H groups in total. The molecule has 1 aliphatic heterocycles. The maximum Gasteiger partial charge on any atom is 0.258 e. The first-order valence-electron chi connectivity index (χ1n) is 14.3. The number of nitrogens with zero attached hydrogens (tertiary/aromatic N) is 2. The summed E-state index contributed by atoms with van der Waals surface area (Å²) in [5.41, 5.74) is 8.88. The van der Waals surface area contributed by atoms with Crippen molar-refractivity contribution < 1.29 is 14.3 Å². The molecule has 0 radical (unpaired) electrons. The summed E-state index contributed by atoms with van der Waals surface area (Å²) in [6, 6.07) is 10.6. The van der Waals surface area contributed by atoms with Crippen LogP contribution < -0.4 is 19.8 Å². The molecule has 3 rings (SSSR count). The molecule has 1 aliphatic rings. The van der Waals surface area contributed by atoms with Crippen molar-refractivity contribution in [3.05, 3.63) is 58.7 Å². The zero-order valence-corrected chi connectivity index (χ0v) is 24.1. The molecule has 0 saturated carbocycles. The fraction of sp³-hybridized carbons (Fsp3) is 0.531. The standard InChI is InChI=1S/C32H47N3O3/c1-6-7-8-9-10-11-12-13-29-30(37-4)23-27(24-31(29)38-5)15-17-32(36)33-35-20-18-34(19-21-35)28-16-14-25(2)26(3)22-28/h14-17,22-24H,6-13,18-21H2,1-5H3,(H,33,36)/b17-15+. The van der Waals surface area contributed by atoms with Crippen molar-refractivity contribution >= 4 is 17.7 Å². The van der Waals surface area contributed by atoms with Crippen LogP contribution >= 0.6 is 0 Å². The molecule has 0 unspecified atom stereocenters. The average Bonchev–Trinajstić information content (AvgIpc) is 2.93. The van der Waals surface area contributed by atoms with Crippen LogP contribution in [0.25, 0.3) is 6.08 Å². The van der Waals surface area contributed by atoms with Crippen molar-refractivity contribution in [3.8, 4) is 11.5 Å². The first-order valence-corrected chi connectivity index (χ1v) is 14.3. The molecule has 1 heterocycles. The highest BCUT2D eigenvalue weighted by molar-refractivity contribution is 5.91. The molecule has 0 aromatic heterocycles. The van der Waals surface area contributed by atoms with Crippen LogP contribution in [0.5, 0.6) is 11.5 Å². The van der Waals surface area contributed by atoms with Gasteiger partial charge >= 0.3 is 0 Å². The van der Waals surface area contributed by atoms with Crippen LogP contribution in [0.15, 0.2) is 36.4 Å². The molecular formula is C32H47N3O3. The Hall–Kier alpha value is -2.99. The number of rotatable bonds is 14. The minimum atomic E-state index is -0.130. The fourth-order valence-corrected chi connectivity index (χ4v) is 4.97. The smallest absolute Gasteiger partial charge is 0.258 e. The summed E-state index contributed by atoms with van der Waals surface area (Å²) < 4.78 is 11.4. The van der Waals surface area contributed by atoms with Gasteiger partial charge in [0.25, 0.3) is 5.91 Å². The van der Waals surface area contributed by atoms with Crippen LogP contribution in [0.2, 0.25) is 0 Å². The van der Waals surface area contributed by atoms with E-state index in [0.717, 1.165) is 61.6 Å². The molecule has 1 saturated heterocycles. The molecule has 2 aromatic carbocycles. The molecule has 6 nitrogen and oxygen atoms in total. The molecule has 0 bridgehead atoms. The summed E-state index contributed by atoms with van der Waals surface area (Å²) in [7, 11) is 3.39. The van der Waals surface area contributed by atoms with E-state index in [1.807, 2.05) is 23.2 Å². The quantitative estimate of drug-likeness (QED) is 0.228. The number of carbonyl (C=O) groups is 1. The van der Waals surface area contributed by atoms with Gasteiger partial charge in [-0.3, -0.25) is 10.2 Å². The zero-order valence-electron chi connectivity index (χ0n) is 24.1. The van der Waals surface area contributed by atoms with Gasteiger partial charge in [-0.1, -0.05) is 51.5 Å². The van der Waals surface area contributed by atoms with Gasteiger partial charge in [0.15, 0.2) is 0 Å². The van der Waals surface area contributed by atoms with Gasteiger partial charge in [-0.25, -0.2) is 5.01 Å². The highest BCUT2D eigenvalue weighted by Gasteiger charge is 2.18. The normalized spacial score (nSPS) is 14.2. The van der Waals surface area contributed by atoms with Crippen molar-refractivity contribution in [2.75, 3.05) is 45.3 Å². The number of ether oxygens (including phenoxy) is 2. The van der Waals surface area contributed by atoms with Gasteiger partial charge < -0.3 is 14.4 Å². The predicted octanol–water partition coefficient (Wildman–Crippen LogP) is 6.48. The molecule has 1 fully saturated rings. The first kappa shape index (κ1) is 29.6. The highest BCUT2D eigenvalue weighted by Crippen LogP contribution is 2.33. The Bertz CT molecular complexity index is 1030. The molecule has 0 aliphatic carbocycles. The Balaban J connectivity index is 1.51. The second-order valence-corrected chi connectivity index (χ2v) is 10.3. The molecular weight excluding hydrogens is 474 g/mol. The highest BCUT2D eigenvalue weighted by atomic mass is 16.5. The minimum absolute atomic E-state index is 0.130. The van der Waals surface area contributed by atoms with Crippen molar-refractivity contribution in [1.29, 1.82) is 0 Å². The number of aryl methyl sites for hydroxylation is 2. The van der Waals surface area contributed by atoms with Crippen LogP contribution in [0.1, 0.15) is 74.1 Å². The summed E-state index contributed by atoms with van der Waals surface area (Å²) in [5, 5.41) is 2.00. The number of hydrogen-bond acceptors (Lipinski definition) is 5. The van der Waals surface area contributed by atoms with E-state index in [2.05, 4.69) is 49.3 Å². The lowest BCUT2D eigenvalue weighted by Crippen LogP contribution is -2.53. The average molecular weight is 522 g/mol. The lowest BCUT2D eigenvalue weighted by atomic mass is 10.0. The minimum Gasteiger partial charge on any atom is -0.496 e. The molecule has 2 aromatic rings. The molecule has 6 heteroatoms. The van der Waals surface area contributed by atoms with Gasteiger partial charge in [-0.05, 0) is 73.7 Å². The second kappa shape index (κ2) is 15.4. The Kier molecular flexibility index (Phi) is 12.0. The molecule has 0 spiro atoms. The van der Waals surface area contributed by atoms with Gasteiger partial charge in [0, 0.05) is 43.5 Å². The van der Waals surface area contributed by atoms with Gasteiger partial charge in [0.05, 0.1) is 14.2 Å². The van der Waals surface area contributed by atoms with Crippen LogP contribution in [-0.2, 0) is 11.2 Å². The largest absolute Gasteiger partial charge is 0.496 e. The third kappa shape index (κ3) is 8.80. The number of anilines is 1. The summed E-state index contributed by atoms with van der Waals surface area (Å²) in [5.74, 6) is 1.51. The van der Waals surface area contributed by atoms with Gasteiger partial charge in [-0.2, -0.15) is 0 Å². The van der Waals surface area contributed by atoms with E-state index < -0.39 is 0 Å². The zero-order chi connectivity index (χ0) is 27.3. The fourth-order valence-electron chi connectivity index (χ4n) is 4.97. The number of hydrogen-bond donors (Lipinski definition) is 1. The summed E-state index contributed by atoms with van der Waals surface area (Å²) >= 11 is 0. The number of benzene rings is 2. The number of amides is 1. The lowest BCUT2D eigenvalue weighted by molar-refractivity contribution is -0.121. The van der Waals surface area contributed by atoms with Crippen molar-refractivity contribution in [1.82, 2.24) is 10.4 Å². The van der Waals surface area contributed by atoms with E-state index in [4.69, 9.17) is 9.47 Å². The van der Waals surface area contributed by atoms with E-state index in [1.54, 1.807) is 20.3 Å². The number of nitrogens with one attached hydrogen (secondary N) is 1.